The number of carboxylic acid groups (broad SMARTS) is 1. The summed E-state index contributed by atoms with van der Waals surface area (Å²) in [5, 5.41) is 29.5. The largest absolute Gasteiger partial charge is 0.481 e. The predicted octanol–water partition coefficient (Wildman–Crippen LogP) is 7.13. The van der Waals surface area contributed by atoms with E-state index in [0.717, 1.165) is 0 Å². The van der Waals surface area contributed by atoms with Crippen LogP contribution in [0.5, 0.6) is 0 Å². The van der Waals surface area contributed by atoms with Crippen molar-refractivity contribution in [1.82, 2.24) is 0 Å². The van der Waals surface area contributed by atoms with Crippen molar-refractivity contribution in [3.8, 4) is 0 Å². The third-order valence-electron chi connectivity index (χ3n) is 5.84. The average molecular weight is 511 g/mol. The molecule has 0 aromatic heterocycles. The van der Waals surface area contributed by atoms with Crippen LogP contribution in [0.3, 0.4) is 0 Å². The Morgan fingerprint density at radius 2 is 1.46 bits per heavy atom. The SMILES string of the molecule is CC/C(F)=C(/F)C/C=C\C/C=C\C/C(F)=C(/F)C/C(F)=C(/F)C(O)C1(O)CC1CC(C)(C)C(=O)O. The van der Waals surface area contributed by atoms with Crippen LogP contribution in [0.25, 0.3) is 0 Å². The highest BCUT2D eigenvalue weighted by Crippen LogP contribution is 2.53. The van der Waals surface area contributed by atoms with Crippen molar-refractivity contribution >= 4 is 5.97 Å². The van der Waals surface area contributed by atoms with E-state index in [1.807, 2.05) is 0 Å². The summed E-state index contributed by atoms with van der Waals surface area (Å²) in [5.41, 5.74) is -3.36. The average Bonchev–Trinajstić information content (AvgIpc) is 3.45. The van der Waals surface area contributed by atoms with Crippen molar-refractivity contribution in [2.24, 2.45) is 11.3 Å². The Bertz CT molecular complexity index is 919. The first-order valence-electron chi connectivity index (χ1n) is 11.2. The molecule has 198 valence electrons. The van der Waals surface area contributed by atoms with Crippen LogP contribution in [0.4, 0.5) is 26.3 Å². The van der Waals surface area contributed by atoms with Gasteiger partial charge in [-0.2, -0.15) is 0 Å². The zero-order chi connectivity index (χ0) is 27.0. The van der Waals surface area contributed by atoms with Gasteiger partial charge in [0.2, 0.25) is 0 Å². The molecule has 3 atom stereocenters. The number of aliphatic hydroxyl groups is 2. The molecule has 3 N–H and O–H groups in total. The second-order valence-corrected chi connectivity index (χ2v) is 9.18. The van der Waals surface area contributed by atoms with Crippen LogP contribution >= 0.6 is 0 Å². The molecule has 0 spiro atoms. The molecule has 3 unspecified atom stereocenters. The van der Waals surface area contributed by atoms with Crippen LogP contribution in [0.15, 0.2) is 59.3 Å². The monoisotopic (exact) mass is 510 g/mol. The minimum atomic E-state index is -2.34. The van der Waals surface area contributed by atoms with E-state index < -0.39 is 76.8 Å². The Balaban J connectivity index is 2.65. The van der Waals surface area contributed by atoms with Crippen molar-refractivity contribution in [2.45, 2.75) is 77.4 Å². The van der Waals surface area contributed by atoms with Crippen molar-refractivity contribution < 1.29 is 46.5 Å². The molecule has 0 bridgehead atoms. The van der Waals surface area contributed by atoms with Gasteiger partial charge in [-0.25, -0.2) is 26.3 Å². The highest BCUT2D eigenvalue weighted by atomic mass is 19.2. The summed E-state index contributed by atoms with van der Waals surface area (Å²) in [7, 11) is 0. The van der Waals surface area contributed by atoms with E-state index in [-0.39, 0.29) is 32.1 Å². The van der Waals surface area contributed by atoms with Crippen LogP contribution < -0.4 is 0 Å². The Morgan fingerprint density at radius 3 is 1.94 bits per heavy atom. The van der Waals surface area contributed by atoms with E-state index >= 15 is 0 Å². The summed E-state index contributed by atoms with van der Waals surface area (Å²) >= 11 is 0. The summed E-state index contributed by atoms with van der Waals surface area (Å²) in [5.74, 6) is -10.3. The smallest absolute Gasteiger partial charge is 0.309 e. The number of rotatable bonds is 14. The maximum absolute atomic E-state index is 14.3. The van der Waals surface area contributed by atoms with Crippen LogP contribution in [-0.4, -0.2) is 33.0 Å². The quantitative estimate of drug-likeness (QED) is 0.172. The highest BCUT2D eigenvalue weighted by molar-refractivity contribution is 5.73. The molecule has 0 aromatic rings. The lowest BCUT2D eigenvalue weighted by Gasteiger charge is -2.22. The molecule has 1 aliphatic carbocycles. The maximum Gasteiger partial charge on any atom is 0.309 e. The fraction of sp³-hybridized carbons (Fsp3) is 0.560. The van der Waals surface area contributed by atoms with Gasteiger partial charge in [-0.05, 0) is 45.4 Å². The molecule has 0 amide bonds. The zero-order valence-corrected chi connectivity index (χ0v) is 19.9. The van der Waals surface area contributed by atoms with Gasteiger partial charge in [0.1, 0.15) is 40.8 Å². The number of aliphatic hydroxyl groups excluding tert-OH is 1. The zero-order valence-electron chi connectivity index (χ0n) is 19.9. The second kappa shape index (κ2) is 13.1. The van der Waals surface area contributed by atoms with Crippen LogP contribution in [0.2, 0.25) is 0 Å². The van der Waals surface area contributed by atoms with Crippen molar-refractivity contribution in [3.63, 3.8) is 0 Å². The summed E-state index contributed by atoms with van der Waals surface area (Å²) in [6.45, 7) is 4.23. The van der Waals surface area contributed by atoms with Crippen molar-refractivity contribution in [3.05, 3.63) is 59.3 Å². The van der Waals surface area contributed by atoms with Gasteiger partial charge in [-0.3, -0.25) is 4.79 Å². The van der Waals surface area contributed by atoms with Gasteiger partial charge in [0.15, 0.2) is 5.83 Å². The molecule has 0 radical (unpaired) electrons. The number of carbonyl (C=O) groups is 1. The molecule has 0 aromatic carbocycles. The van der Waals surface area contributed by atoms with Crippen LogP contribution in [0.1, 0.15) is 65.7 Å². The van der Waals surface area contributed by atoms with Crippen molar-refractivity contribution in [2.75, 3.05) is 0 Å². The van der Waals surface area contributed by atoms with Crippen LogP contribution in [0, 0.1) is 11.3 Å². The molecule has 35 heavy (non-hydrogen) atoms. The van der Waals surface area contributed by atoms with Gasteiger partial charge in [0, 0.05) is 12.8 Å². The molecular weight excluding hydrogens is 478 g/mol. The van der Waals surface area contributed by atoms with E-state index in [1.165, 1.54) is 45.1 Å². The predicted molar refractivity (Wildman–Crippen MR) is 120 cm³/mol. The van der Waals surface area contributed by atoms with Gasteiger partial charge in [0.25, 0.3) is 0 Å². The van der Waals surface area contributed by atoms with E-state index in [1.54, 1.807) is 0 Å². The summed E-state index contributed by atoms with van der Waals surface area (Å²) in [4.78, 5) is 11.2. The highest BCUT2D eigenvalue weighted by Gasteiger charge is 2.61. The van der Waals surface area contributed by atoms with Gasteiger partial charge in [0.05, 0.1) is 11.8 Å². The number of allylic oxidation sites excluding steroid dienone is 9. The number of carboxylic acids is 1. The number of hydrogen-bond donors (Lipinski definition) is 3. The lowest BCUT2D eigenvalue weighted by Crippen LogP contribution is -2.33. The summed E-state index contributed by atoms with van der Waals surface area (Å²) < 4.78 is 82.3. The van der Waals surface area contributed by atoms with Gasteiger partial charge in [-0.15, -0.1) is 0 Å². The topological polar surface area (TPSA) is 77.8 Å². The fourth-order valence-corrected chi connectivity index (χ4v) is 3.37. The van der Waals surface area contributed by atoms with Crippen molar-refractivity contribution in [1.29, 1.82) is 0 Å². The first-order valence-corrected chi connectivity index (χ1v) is 11.2. The van der Waals surface area contributed by atoms with E-state index in [9.17, 15) is 41.4 Å². The first kappa shape index (κ1) is 30.7. The molecule has 0 saturated heterocycles. The third kappa shape index (κ3) is 9.00. The van der Waals surface area contributed by atoms with Gasteiger partial charge < -0.3 is 15.3 Å². The molecule has 0 aliphatic heterocycles. The lowest BCUT2D eigenvalue weighted by molar-refractivity contribution is -0.147. The normalized spacial score (nSPS) is 23.8. The molecule has 1 rings (SSSR count). The van der Waals surface area contributed by atoms with E-state index in [2.05, 4.69) is 0 Å². The minimum absolute atomic E-state index is 0.0536. The first-order chi connectivity index (χ1) is 16.2. The van der Waals surface area contributed by atoms with Crippen LogP contribution in [-0.2, 0) is 4.79 Å². The molecular formula is C25H32F6O4. The Hall–Kier alpha value is -2.33. The Kier molecular flexibility index (Phi) is 11.5. The van der Waals surface area contributed by atoms with E-state index in [0.29, 0.717) is 0 Å². The standard InChI is InChI=1S/C25H32F6O4/c1-4-16(26)17(27)10-8-6-5-7-9-11-18(28)19(29)12-20(30)21(31)22(32)25(35)14-15(25)13-24(2,3)23(33)34/h6-9,15,22,32,35H,4-5,10-14H2,1-3H3,(H,33,34)/b8-6-,9-7-,17-16-,19-18-,21-20-. The molecule has 10 heteroatoms. The third-order valence-corrected chi connectivity index (χ3v) is 5.84. The molecule has 0 heterocycles. The molecule has 4 nitrogen and oxygen atoms in total. The Morgan fingerprint density at radius 1 is 0.943 bits per heavy atom. The van der Waals surface area contributed by atoms with Gasteiger partial charge >= 0.3 is 5.97 Å². The Labute approximate surface area is 201 Å². The maximum atomic E-state index is 14.3. The molecule has 1 aliphatic rings. The molecule has 1 fully saturated rings. The van der Waals surface area contributed by atoms with Gasteiger partial charge in [-0.1, -0.05) is 31.2 Å². The lowest BCUT2D eigenvalue weighted by atomic mass is 9.85. The van der Waals surface area contributed by atoms with E-state index in [4.69, 9.17) is 5.11 Å². The number of aliphatic carboxylic acids is 1. The number of halogens is 6. The minimum Gasteiger partial charge on any atom is -0.481 e. The summed E-state index contributed by atoms with van der Waals surface area (Å²) in [6.07, 6.45) is 0.851. The number of hydrogen-bond acceptors (Lipinski definition) is 3. The molecule has 1 saturated carbocycles. The second-order valence-electron chi connectivity index (χ2n) is 9.18. The fourth-order valence-electron chi connectivity index (χ4n) is 3.37. The summed E-state index contributed by atoms with van der Waals surface area (Å²) in [6, 6.07) is 0.